The van der Waals surface area contributed by atoms with Crippen LogP contribution in [0, 0.1) is 0 Å². The van der Waals surface area contributed by atoms with Gasteiger partial charge in [0.05, 0.1) is 12.2 Å². The zero-order chi connectivity index (χ0) is 8.13. The Balaban J connectivity index is 2.07. The third-order valence-corrected chi connectivity index (χ3v) is 2.72. The first-order valence-electron chi connectivity index (χ1n) is 4.29. The second-order valence-electron chi connectivity index (χ2n) is 3.57. The van der Waals surface area contributed by atoms with Gasteiger partial charge in [0.1, 0.15) is 5.75 Å². The predicted molar refractivity (Wildman–Crippen MR) is 44.2 cm³/mol. The average molecular weight is 162 g/mol. The number of epoxide rings is 1. The monoisotopic (exact) mass is 162 g/mol. The van der Waals surface area contributed by atoms with E-state index < -0.39 is 0 Å². The van der Waals surface area contributed by atoms with E-state index in [1.807, 2.05) is 12.1 Å². The number of rotatable bonds is 0. The molecule has 1 saturated heterocycles. The summed E-state index contributed by atoms with van der Waals surface area (Å²) in [6, 6.07) is 5.61. The smallest absolute Gasteiger partial charge is 0.115 e. The van der Waals surface area contributed by atoms with Crippen LogP contribution < -0.4 is 0 Å². The van der Waals surface area contributed by atoms with Crippen molar-refractivity contribution in [3.8, 4) is 5.75 Å². The van der Waals surface area contributed by atoms with Crippen molar-refractivity contribution in [1.29, 1.82) is 0 Å². The van der Waals surface area contributed by atoms with Crippen molar-refractivity contribution in [1.82, 2.24) is 0 Å². The molecule has 2 atom stereocenters. The van der Waals surface area contributed by atoms with Crippen LogP contribution in [-0.4, -0.2) is 17.3 Å². The number of benzene rings is 1. The molecular formula is C10H10O2. The third kappa shape index (κ3) is 0.847. The van der Waals surface area contributed by atoms with Crippen molar-refractivity contribution in [3.05, 3.63) is 29.3 Å². The van der Waals surface area contributed by atoms with E-state index in [1.165, 1.54) is 11.1 Å². The molecule has 2 aliphatic rings. The van der Waals surface area contributed by atoms with Crippen molar-refractivity contribution in [2.45, 2.75) is 25.0 Å². The molecule has 1 fully saturated rings. The molecule has 0 aromatic heterocycles. The summed E-state index contributed by atoms with van der Waals surface area (Å²) in [6.07, 6.45) is 2.93. The number of ether oxygens (including phenoxy) is 1. The molecule has 1 N–H and O–H groups in total. The Labute approximate surface area is 70.8 Å². The molecule has 0 bridgehead atoms. The lowest BCUT2D eigenvalue weighted by molar-refractivity contribution is 0.375. The highest BCUT2D eigenvalue weighted by Crippen LogP contribution is 2.36. The second-order valence-corrected chi connectivity index (χ2v) is 3.57. The van der Waals surface area contributed by atoms with Gasteiger partial charge in [-0.2, -0.15) is 0 Å². The van der Waals surface area contributed by atoms with Crippen LogP contribution in [0.15, 0.2) is 18.2 Å². The van der Waals surface area contributed by atoms with Crippen LogP contribution in [-0.2, 0) is 17.6 Å². The van der Waals surface area contributed by atoms with Gasteiger partial charge in [0.15, 0.2) is 0 Å². The number of phenolic OH excluding ortho intramolecular Hbond substituents is 1. The van der Waals surface area contributed by atoms with Crippen LogP contribution in [0.4, 0.5) is 0 Å². The Morgan fingerprint density at radius 3 is 2.75 bits per heavy atom. The molecule has 1 aromatic rings. The molecule has 3 rings (SSSR count). The molecule has 2 nitrogen and oxygen atoms in total. The molecule has 12 heavy (non-hydrogen) atoms. The van der Waals surface area contributed by atoms with Gasteiger partial charge in [0, 0.05) is 12.8 Å². The maximum absolute atomic E-state index is 9.25. The molecule has 0 saturated carbocycles. The van der Waals surface area contributed by atoms with Crippen LogP contribution in [0.5, 0.6) is 5.75 Å². The van der Waals surface area contributed by atoms with Gasteiger partial charge >= 0.3 is 0 Å². The summed E-state index contributed by atoms with van der Waals surface area (Å²) in [7, 11) is 0. The summed E-state index contributed by atoms with van der Waals surface area (Å²) >= 11 is 0. The molecule has 0 spiro atoms. The largest absolute Gasteiger partial charge is 0.508 e. The summed E-state index contributed by atoms with van der Waals surface area (Å²) in [5.74, 6) is 0.368. The van der Waals surface area contributed by atoms with Crippen LogP contribution >= 0.6 is 0 Å². The zero-order valence-electron chi connectivity index (χ0n) is 6.66. The van der Waals surface area contributed by atoms with E-state index in [2.05, 4.69) is 0 Å². The summed E-state index contributed by atoms with van der Waals surface area (Å²) in [5.41, 5.74) is 2.60. The topological polar surface area (TPSA) is 32.8 Å². The van der Waals surface area contributed by atoms with Gasteiger partial charge in [-0.25, -0.2) is 0 Å². The first-order valence-corrected chi connectivity index (χ1v) is 4.29. The maximum Gasteiger partial charge on any atom is 0.115 e. The predicted octanol–water partition coefficient (Wildman–Crippen LogP) is 1.26. The van der Waals surface area contributed by atoms with Gasteiger partial charge in [-0.1, -0.05) is 6.07 Å². The molecule has 1 aromatic carbocycles. The quantitative estimate of drug-likeness (QED) is 0.582. The molecule has 2 unspecified atom stereocenters. The highest BCUT2D eigenvalue weighted by Gasteiger charge is 2.42. The molecule has 62 valence electrons. The summed E-state index contributed by atoms with van der Waals surface area (Å²) < 4.78 is 5.42. The van der Waals surface area contributed by atoms with Crippen LogP contribution in [0.1, 0.15) is 11.1 Å². The molecule has 1 aliphatic heterocycles. The molecular weight excluding hydrogens is 152 g/mol. The molecule has 1 aliphatic carbocycles. The Morgan fingerprint density at radius 1 is 1.17 bits per heavy atom. The first kappa shape index (κ1) is 6.49. The summed E-state index contributed by atoms with van der Waals surface area (Å²) in [4.78, 5) is 0. The molecule has 2 heteroatoms. The lowest BCUT2D eigenvalue weighted by atomic mass is 9.92. The maximum atomic E-state index is 9.25. The third-order valence-electron chi connectivity index (χ3n) is 2.72. The van der Waals surface area contributed by atoms with Gasteiger partial charge < -0.3 is 9.84 Å². The van der Waals surface area contributed by atoms with Crippen molar-refractivity contribution >= 4 is 0 Å². The van der Waals surface area contributed by atoms with E-state index >= 15 is 0 Å². The standard InChI is InChI=1S/C10H10O2/c11-8-2-1-6-4-9-10(12-9)5-7(6)3-8/h1-3,9-11H,4-5H2. The normalized spacial score (nSPS) is 30.7. The fraction of sp³-hybridized carbons (Fsp3) is 0.400. The number of phenols is 1. The minimum absolute atomic E-state index is 0.368. The molecule has 0 amide bonds. The van der Waals surface area contributed by atoms with Gasteiger partial charge in [0.25, 0.3) is 0 Å². The van der Waals surface area contributed by atoms with Crippen molar-refractivity contribution in [3.63, 3.8) is 0 Å². The fourth-order valence-corrected chi connectivity index (χ4v) is 1.97. The second kappa shape index (κ2) is 2.02. The van der Waals surface area contributed by atoms with Crippen LogP contribution in [0.25, 0.3) is 0 Å². The highest BCUT2D eigenvalue weighted by molar-refractivity contribution is 5.39. The number of hydrogen-bond donors (Lipinski definition) is 1. The van der Waals surface area contributed by atoms with E-state index in [-0.39, 0.29) is 0 Å². The van der Waals surface area contributed by atoms with Crippen molar-refractivity contribution in [2.75, 3.05) is 0 Å². The van der Waals surface area contributed by atoms with E-state index in [0.29, 0.717) is 18.0 Å². The SMILES string of the molecule is Oc1ccc2c(c1)CC1OC1C2. The lowest BCUT2D eigenvalue weighted by Gasteiger charge is -2.11. The average Bonchev–Trinajstić information content (AvgIpc) is 2.77. The fourth-order valence-electron chi connectivity index (χ4n) is 1.97. The van der Waals surface area contributed by atoms with Crippen LogP contribution in [0.3, 0.4) is 0 Å². The Morgan fingerprint density at radius 2 is 1.92 bits per heavy atom. The van der Waals surface area contributed by atoms with E-state index in [4.69, 9.17) is 4.74 Å². The van der Waals surface area contributed by atoms with E-state index in [1.54, 1.807) is 6.07 Å². The first-order chi connectivity index (χ1) is 5.83. The summed E-state index contributed by atoms with van der Waals surface area (Å²) in [6.45, 7) is 0. The van der Waals surface area contributed by atoms with Gasteiger partial charge in [-0.05, 0) is 23.3 Å². The van der Waals surface area contributed by atoms with Gasteiger partial charge in [0.2, 0.25) is 0 Å². The number of fused-ring (bicyclic) bond motifs is 2. The Bertz CT molecular complexity index is 333. The minimum atomic E-state index is 0.368. The minimum Gasteiger partial charge on any atom is -0.508 e. The highest BCUT2D eigenvalue weighted by atomic mass is 16.6. The van der Waals surface area contributed by atoms with Gasteiger partial charge in [-0.3, -0.25) is 0 Å². The number of aromatic hydroxyl groups is 1. The lowest BCUT2D eigenvalue weighted by Crippen LogP contribution is -2.11. The summed E-state index contributed by atoms with van der Waals surface area (Å²) in [5, 5.41) is 9.25. The zero-order valence-corrected chi connectivity index (χ0v) is 6.66. The van der Waals surface area contributed by atoms with E-state index in [9.17, 15) is 5.11 Å². The van der Waals surface area contributed by atoms with Crippen molar-refractivity contribution in [2.24, 2.45) is 0 Å². The van der Waals surface area contributed by atoms with Crippen LogP contribution in [0.2, 0.25) is 0 Å². The Hall–Kier alpha value is -1.02. The molecule has 0 radical (unpaired) electrons. The number of hydrogen-bond acceptors (Lipinski definition) is 2. The van der Waals surface area contributed by atoms with E-state index in [0.717, 1.165) is 12.8 Å². The van der Waals surface area contributed by atoms with Gasteiger partial charge in [-0.15, -0.1) is 0 Å². The molecule has 1 heterocycles. The van der Waals surface area contributed by atoms with Crippen molar-refractivity contribution < 1.29 is 9.84 Å². The Kier molecular flexibility index (Phi) is 1.09.